The minimum absolute atomic E-state index is 0.485. The van der Waals surface area contributed by atoms with Crippen molar-refractivity contribution in [2.75, 3.05) is 5.75 Å². The highest BCUT2D eigenvalue weighted by Crippen LogP contribution is 2.36. The first-order valence-corrected chi connectivity index (χ1v) is 8.46. The van der Waals surface area contributed by atoms with Crippen LogP contribution in [-0.2, 0) is 0 Å². The van der Waals surface area contributed by atoms with Crippen molar-refractivity contribution in [3.05, 3.63) is 24.3 Å². The molecule has 0 N–H and O–H groups in total. The van der Waals surface area contributed by atoms with E-state index < -0.39 is 0 Å². The van der Waals surface area contributed by atoms with Gasteiger partial charge in [0.2, 0.25) is 5.16 Å². The van der Waals surface area contributed by atoms with Gasteiger partial charge in [-0.2, -0.15) is 4.98 Å². The van der Waals surface area contributed by atoms with Gasteiger partial charge in [0.05, 0.1) is 5.69 Å². The zero-order valence-electron chi connectivity index (χ0n) is 12.7. The van der Waals surface area contributed by atoms with Gasteiger partial charge in [0.15, 0.2) is 11.6 Å². The van der Waals surface area contributed by atoms with Crippen LogP contribution in [0.15, 0.2) is 34.4 Å². The molecule has 1 aliphatic rings. The van der Waals surface area contributed by atoms with Gasteiger partial charge in [0, 0.05) is 18.2 Å². The lowest BCUT2D eigenvalue weighted by molar-refractivity contribution is 0.511. The molecule has 0 aliphatic carbocycles. The second-order valence-corrected chi connectivity index (χ2v) is 6.12. The molecule has 1 aliphatic heterocycles. The summed E-state index contributed by atoms with van der Waals surface area (Å²) in [6.45, 7) is 4.01. The number of unbranched alkanes of at least 4 members (excludes halogenated alkanes) is 2. The fraction of sp³-hybridized carbons (Fsp3) is 0.375. The van der Waals surface area contributed by atoms with Crippen LogP contribution in [0.4, 0.5) is 5.69 Å². The number of hydrogen-bond acceptors (Lipinski definition) is 6. The van der Waals surface area contributed by atoms with Crippen LogP contribution >= 0.6 is 11.8 Å². The molecule has 0 atom stereocenters. The largest absolute Gasteiger partial charge is 0.422 e. The maximum absolute atomic E-state index is 5.73. The van der Waals surface area contributed by atoms with Crippen LogP contribution in [-0.4, -0.2) is 26.8 Å². The van der Waals surface area contributed by atoms with Crippen molar-refractivity contribution >= 4 is 23.3 Å². The Kier molecular flexibility index (Phi) is 4.68. The lowest BCUT2D eigenvalue weighted by Crippen LogP contribution is -2.06. The van der Waals surface area contributed by atoms with E-state index in [2.05, 4.69) is 27.1 Å². The predicted octanol–water partition coefficient (Wildman–Crippen LogP) is 4.26. The average Bonchev–Trinajstić information content (AvgIpc) is 2.66. The van der Waals surface area contributed by atoms with Gasteiger partial charge in [-0.15, -0.1) is 10.2 Å². The highest BCUT2D eigenvalue weighted by atomic mass is 32.2. The van der Waals surface area contributed by atoms with Crippen LogP contribution in [0.25, 0.3) is 11.3 Å². The average molecular weight is 314 g/mol. The van der Waals surface area contributed by atoms with E-state index in [0.717, 1.165) is 23.4 Å². The summed E-state index contributed by atoms with van der Waals surface area (Å²) >= 11 is 1.62. The molecule has 22 heavy (non-hydrogen) atoms. The summed E-state index contributed by atoms with van der Waals surface area (Å²) in [5, 5.41) is 9.20. The second kappa shape index (κ2) is 6.87. The smallest absolute Gasteiger partial charge is 0.251 e. The van der Waals surface area contributed by atoms with E-state index >= 15 is 0 Å². The van der Waals surface area contributed by atoms with Crippen LogP contribution in [0.5, 0.6) is 5.88 Å². The molecule has 2 aromatic rings. The number of para-hydroxylation sites is 1. The number of ether oxygens (including phenoxy) is 1. The number of hydrogen-bond donors (Lipinski definition) is 0. The molecular weight excluding hydrogens is 296 g/mol. The monoisotopic (exact) mass is 314 g/mol. The summed E-state index contributed by atoms with van der Waals surface area (Å²) in [5.74, 6) is 2.05. The topological polar surface area (TPSA) is 60.3 Å². The Labute approximate surface area is 134 Å². The Bertz CT molecular complexity index is 702. The van der Waals surface area contributed by atoms with Gasteiger partial charge < -0.3 is 4.74 Å². The maximum Gasteiger partial charge on any atom is 0.251 e. The fourth-order valence-electron chi connectivity index (χ4n) is 2.22. The van der Waals surface area contributed by atoms with Gasteiger partial charge in [-0.3, -0.25) is 0 Å². The van der Waals surface area contributed by atoms with E-state index in [1.165, 1.54) is 12.8 Å². The number of aromatic nitrogens is 3. The van der Waals surface area contributed by atoms with Crippen molar-refractivity contribution < 1.29 is 4.74 Å². The van der Waals surface area contributed by atoms with Gasteiger partial charge in [-0.25, -0.2) is 4.99 Å². The third-order valence-electron chi connectivity index (χ3n) is 3.30. The molecule has 0 amide bonds. The summed E-state index contributed by atoms with van der Waals surface area (Å²) in [5.41, 5.74) is 2.38. The Hall–Kier alpha value is -1.95. The lowest BCUT2D eigenvalue weighted by Gasteiger charge is -2.07. The minimum atomic E-state index is 0.485. The normalized spacial score (nSPS) is 12.7. The van der Waals surface area contributed by atoms with Gasteiger partial charge in [-0.1, -0.05) is 49.7 Å². The number of rotatable bonds is 5. The maximum atomic E-state index is 5.73. The molecule has 5 nitrogen and oxygen atoms in total. The van der Waals surface area contributed by atoms with Crippen molar-refractivity contribution in [2.45, 2.75) is 38.3 Å². The summed E-state index contributed by atoms with van der Waals surface area (Å²) in [6, 6.07) is 7.80. The van der Waals surface area contributed by atoms with E-state index in [0.29, 0.717) is 22.6 Å². The molecule has 6 heteroatoms. The van der Waals surface area contributed by atoms with Gasteiger partial charge in [0.25, 0.3) is 5.88 Å². The van der Waals surface area contributed by atoms with Crippen LogP contribution < -0.4 is 4.74 Å². The van der Waals surface area contributed by atoms with Crippen molar-refractivity contribution in [3.8, 4) is 17.1 Å². The molecule has 1 aromatic heterocycles. The lowest BCUT2D eigenvalue weighted by atomic mass is 10.1. The Morgan fingerprint density at radius 2 is 2.00 bits per heavy atom. The van der Waals surface area contributed by atoms with E-state index in [9.17, 15) is 0 Å². The van der Waals surface area contributed by atoms with Crippen LogP contribution in [0.2, 0.25) is 0 Å². The van der Waals surface area contributed by atoms with Crippen molar-refractivity contribution in [1.82, 2.24) is 15.2 Å². The first-order valence-electron chi connectivity index (χ1n) is 7.48. The fourth-order valence-corrected chi connectivity index (χ4v) is 3.00. The van der Waals surface area contributed by atoms with Crippen molar-refractivity contribution in [3.63, 3.8) is 0 Å². The van der Waals surface area contributed by atoms with E-state index in [1.807, 2.05) is 31.2 Å². The van der Waals surface area contributed by atoms with Crippen molar-refractivity contribution in [1.29, 1.82) is 0 Å². The first-order chi connectivity index (χ1) is 10.8. The number of nitrogens with zero attached hydrogens (tertiary/aromatic N) is 4. The molecule has 0 fully saturated rings. The summed E-state index contributed by atoms with van der Waals surface area (Å²) in [7, 11) is 0. The summed E-state index contributed by atoms with van der Waals surface area (Å²) < 4.78 is 5.73. The Morgan fingerprint density at radius 3 is 2.86 bits per heavy atom. The highest BCUT2D eigenvalue weighted by molar-refractivity contribution is 7.99. The number of aliphatic imine (C=N–C) groups is 1. The molecule has 0 saturated heterocycles. The molecule has 2 heterocycles. The molecule has 0 radical (unpaired) electrons. The summed E-state index contributed by atoms with van der Waals surface area (Å²) in [6.07, 6.45) is 3.59. The molecule has 3 rings (SSSR count). The second-order valence-electron chi connectivity index (χ2n) is 5.05. The molecule has 0 saturated carbocycles. The van der Waals surface area contributed by atoms with Crippen LogP contribution in [0.1, 0.15) is 33.1 Å². The number of benzene rings is 1. The minimum Gasteiger partial charge on any atom is -0.422 e. The SMILES string of the molecule is CCCCCSc1nnc2c(n1)OC(C)=Nc1ccccc1-2. The number of thioether (sulfide) groups is 1. The third-order valence-corrected chi connectivity index (χ3v) is 4.22. The van der Waals surface area contributed by atoms with E-state index in [4.69, 9.17) is 4.74 Å². The van der Waals surface area contributed by atoms with Gasteiger partial charge in [0.1, 0.15) is 0 Å². The van der Waals surface area contributed by atoms with Gasteiger partial charge in [-0.05, 0) is 12.5 Å². The molecule has 0 unspecified atom stereocenters. The molecule has 0 spiro atoms. The standard InChI is InChI=1S/C16H18N4OS/c1-3-4-7-10-22-16-18-15-14(19-20-16)12-8-5-6-9-13(12)17-11(2)21-15/h5-6,8-9H,3-4,7,10H2,1-2H3. The van der Waals surface area contributed by atoms with E-state index in [-0.39, 0.29) is 0 Å². The molecule has 114 valence electrons. The zero-order chi connectivity index (χ0) is 15.4. The van der Waals surface area contributed by atoms with Crippen molar-refractivity contribution in [2.24, 2.45) is 4.99 Å². The quantitative estimate of drug-likeness (QED) is 0.609. The highest BCUT2D eigenvalue weighted by Gasteiger charge is 2.20. The molecular formula is C16H18N4OS. The Morgan fingerprint density at radius 1 is 1.14 bits per heavy atom. The van der Waals surface area contributed by atoms with Gasteiger partial charge >= 0.3 is 0 Å². The van der Waals surface area contributed by atoms with Crippen LogP contribution in [0.3, 0.4) is 0 Å². The zero-order valence-corrected chi connectivity index (χ0v) is 13.6. The predicted molar refractivity (Wildman–Crippen MR) is 88.9 cm³/mol. The summed E-state index contributed by atoms with van der Waals surface area (Å²) in [4.78, 5) is 8.96. The molecule has 0 bridgehead atoms. The molecule has 1 aromatic carbocycles. The first kappa shape index (κ1) is 15.0. The van der Waals surface area contributed by atoms with Crippen LogP contribution in [0, 0.1) is 0 Å². The third kappa shape index (κ3) is 3.27. The number of fused-ring (bicyclic) bond motifs is 3. The van der Waals surface area contributed by atoms with E-state index in [1.54, 1.807) is 11.8 Å². The Balaban J connectivity index is 1.89.